The second-order valence-corrected chi connectivity index (χ2v) is 7.76. The van der Waals surface area contributed by atoms with Gasteiger partial charge in [0.15, 0.2) is 0 Å². The lowest BCUT2D eigenvalue weighted by molar-refractivity contribution is -0.142. The SMILES string of the molecule is Cc1ccc(C(=O)NC(C(=O)N2CCOC(c3ccc(F)cc3)C2)C(C)C)cc1. The monoisotopic (exact) mass is 398 g/mol. The van der Waals surface area contributed by atoms with E-state index in [4.69, 9.17) is 4.74 Å². The van der Waals surface area contributed by atoms with E-state index in [2.05, 4.69) is 5.32 Å². The van der Waals surface area contributed by atoms with Gasteiger partial charge in [0.2, 0.25) is 5.91 Å². The zero-order valence-corrected chi connectivity index (χ0v) is 17.0. The molecule has 0 spiro atoms. The van der Waals surface area contributed by atoms with Gasteiger partial charge in [0.25, 0.3) is 5.91 Å². The van der Waals surface area contributed by atoms with Crippen LogP contribution in [0, 0.1) is 18.7 Å². The maximum atomic E-state index is 13.2. The van der Waals surface area contributed by atoms with Gasteiger partial charge in [0.05, 0.1) is 13.2 Å². The van der Waals surface area contributed by atoms with Crippen LogP contribution in [0.3, 0.4) is 0 Å². The number of morpholine rings is 1. The van der Waals surface area contributed by atoms with Crippen LogP contribution in [0.1, 0.15) is 41.4 Å². The summed E-state index contributed by atoms with van der Waals surface area (Å²) in [4.78, 5) is 27.5. The highest BCUT2D eigenvalue weighted by Gasteiger charge is 2.32. The topological polar surface area (TPSA) is 58.6 Å². The molecule has 1 aliphatic rings. The molecule has 1 fully saturated rings. The molecule has 2 atom stereocenters. The lowest BCUT2D eigenvalue weighted by Crippen LogP contribution is -2.54. The smallest absolute Gasteiger partial charge is 0.251 e. The molecule has 0 aromatic heterocycles. The van der Waals surface area contributed by atoms with Crippen LogP contribution in [0.15, 0.2) is 48.5 Å². The molecule has 0 aliphatic carbocycles. The Morgan fingerprint density at radius 2 is 1.76 bits per heavy atom. The summed E-state index contributed by atoms with van der Waals surface area (Å²) < 4.78 is 19.0. The summed E-state index contributed by atoms with van der Waals surface area (Å²) in [5.41, 5.74) is 2.42. The number of halogens is 1. The van der Waals surface area contributed by atoms with Crippen molar-refractivity contribution in [1.82, 2.24) is 10.2 Å². The lowest BCUT2D eigenvalue weighted by atomic mass is 10.0. The van der Waals surface area contributed by atoms with E-state index < -0.39 is 6.04 Å². The average Bonchev–Trinajstić information content (AvgIpc) is 2.72. The quantitative estimate of drug-likeness (QED) is 0.839. The molecule has 1 aliphatic heterocycles. The Balaban J connectivity index is 1.70. The van der Waals surface area contributed by atoms with Crippen molar-refractivity contribution in [3.05, 3.63) is 71.0 Å². The van der Waals surface area contributed by atoms with Crippen LogP contribution in [0.2, 0.25) is 0 Å². The Hall–Kier alpha value is -2.73. The minimum absolute atomic E-state index is 0.0657. The number of hydrogen-bond donors (Lipinski definition) is 1. The Morgan fingerprint density at radius 3 is 2.38 bits per heavy atom. The predicted octanol–water partition coefficient (Wildman–Crippen LogP) is 3.49. The van der Waals surface area contributed by atoms with Crippen molar-refractivity contribution in [2.45, 2.75) is 32.9 Å². The van der Waals surface area contributed by atoms with Crippen LogP contribution < -0.4 is 5.32 Å². The average molecular weight is 398 g/mol. The van der Waals surface area contributed by atoms with Crippen molar-refractivity contribution in [1.29, 1.82) is 0 Å². The summed E-state index contributed by atoms with van der Waals surface area (Å²) in [5, 5.41) is 2.89. The van der Waals surface area contributed by atoms with Gasteiger partial charge < -0.3 is 15.0 Å². The van der Waals surface area contributed by atoms with Crippen molar-refractivity contribution < 1.29 is 18.7 Å². The molecule has 0 bridgehead atoms. The molecule has 1 N–H and O–H groups in total. The zero-order chi connectivity index (χ0) is 21.0. The highest BCUT2D eigenvalue weighted by molar-refractivity contribution is 5.97. The molecule has 2 unspecified atom stereocenters. The number of carbonyl (C=O) groups is 2. The number of benzene rings is 2. The third-order valence-electron chi connectivity index (χ3n) is 5.15. The summed E-state index contributed by atoms with van der Waals surface area (Å²) in [5.74, 6) is -0.767. The number of rotatable bonds is 5. The molecule has 6 heteroatoms. The molecule has 2 aromatic carbocycles. The molecule has 29 heavy (non-hydrogen) atoms. The third kappa shape index (κ3) is 5.21. The minimum Gasteiger partial charge on any atom is -0.370 e. The fraction of sp³-hybridized carbons (Fsp3) is 0.391. The summed E-state index contributed by atoms with van der Waals surface area (Å²) in [7, 11) is 0. The fourth-order valence-corrected chi connectivity index (χ4v) is 3.37. The van der Waals surface area contributed by atoms with Crippen molar-refractivity contribution in [3.8, 4) is 0 Å². The number of aryl methyl sites for hydroxylation is 1. The van der Waals surface area contributed by atoms with E-state index in [0.717, 1.165) is 11.1 Å². The number of ether oxygens (including phenoxy) is 1. The predicted molar refractivity (Wildman–Crippen MR) is 109 cm³/mol. The molecule has 1 heterocycles. The first-order valence-electron chi connectivity index (χ1n) is 9.88. The minimum atomic E-state index is -0.629. The maximum Gasteiger partial charge on any atom is 0.251 e. The van der Waals surface area contributed by atoms with Gasteiger partial charge >= 0.3 is 0 Å². The van der Waals surface area contributed by atoms with Crippen molar-refractivity contribution in [2.24, 2.45) is 5.92 Å². The van der Waals surface area contributed by atoms with Gasteiger partial charge in [-0.25, -0.2) is 4.39 Å². The second kappa shape index (κ2) is 9.18. The summed E-state index contributed by atoms with van der Waals surface area (Å²) in [6.45, 7) is 7.00. The number of amides is 2. The van der Waals surface area contributed by atoms with Crippen LogP contribution in [-0.2, 0) is 9.53 Å². The maximum absolute atomic E-state index is 13.2. The van der Waals surface area contributed by atoms with E-state index in [1.54, 1.807) is 29.2 Å². The molecular formula is C23H27FN2O3. The first-order valence-corrected chi connectivity index (χ1v) is 9.88. The Labute approximate surface area is 170 Å². The number of nitrogens with one attached hydrogen (secondary N) is 1. The van der Waals surface area contributed by atoms with Crippen LogP contribution >= 0.6 is 0 Å². The Kier molecular flexibility index (Phi) is 6.64. The molecular weight excluding hydrogens is 371 g/mol. The van der Waals surface area contributed by atoms with Gasteiger partial charge in [0, 0.05) is 12.1 Å². The van der Waals surface area contributed by atoms with E-state index in [9.17, 15) is 14.0 Å². The third-order valence-corrected chi connectivity index (χ3v) is 5.15. The van der Waals surface area contributed by atoms with Crippen molar-refractivity contribution in [2.75, 3.05) is 19.7 Å². The first-order chi connectivity index (χ1) is 13.8. The highest BCUT2D eigenvalue weighted by atomic mass is 19.1. The zero-order valence-electron chi connectivity index (χ0n) is 17.0. The molecule has 1 saturated heterocycles. The number of nitrogens with zero attached hydrogens (tertiary/aromatic N) is 1. The van der Waals surface area contributed by atoms with E-state index >= 15 is 0 Å². The molecule has 0 saturated carbocycles. The first kappa shape index (κ1) is 21.0. The van der Waals surface area contributed by atoms with E-state index in [0.29, 0.717) is 25.3 Å². The van der Waals surface area contributed by atoms with Crippen molar-refractivity contribution in [3.63, 3.8) is 0 Å². The van der Waals surface area contributed by atoms with E-state index in [1.165, 1.54) is 12.1 Å². The van der Waals surface area contributed by atoms with E-state index in [1.807, 2.05) is 32.9 Å². The van der Waals surface area contributed by atoms with Gasteiger partial charge in [-0.2, -0.15) is 0 Å². The highest BCUT2D eigenvalue weighted by Crippen LogP contribution is 2.23. The molecule has 2 aromatic rings. The molecule has 0 radical (unpaired) electrons. The summed E-state index contributed by atoms with van der Waals surface area (Å²) in [6, 6.07) is 12.7. The van der Waals surface area contributed by atoms with Crippen LogP contribution in [0.4, 0.5) is 4.39 Å². The van der Waals surface area contributed by atoms with Crippen LogP contribution in [0.25, 0.3) is 0 Å². The molecule has 3 rings (SSSR count). The molecule has 154 valence electrons. The molecule has 2 amide bonds. The van der Waals surface area contributed by atoms with Crippen molar-refractivity contribution >= 4 is 11.8 Å². The Bertz CT molecular complexity index is 849. The summed E-state index contributed by atoms with van der Waals surface area (Å²) in [6.07, 6.45) is -0.311. The van der Waals surface area contributed by atoms with Gasteiger partial charge in [-0.3, -0.25) is 9.59 Å². The summed E-state index contributed by atoms with van der Waals surface area (Å²) >= 11 is 0. The molecule has 5 nitrogen and oxygen atoms in total. The van der Waals surface area contributed by atoms with Gasteiger partial charge in [-0.1, -0.05) is 43.7 Å². The second-order valence-electron chi connectivity index (χ2n) is 7.76. The van der Waals surface area contributed by atoms with Gasteiger partial charge in [0.1, 0.15) is 18.0 Å². The fourth-order valence-electron chi connectivity index (χ4n) is 3.37. The van der Waals surface area contributed by atoms with E-state index in [-0.39, 0.29) is 29.7 Å². The van der Waals surface area contributed by atoms with Crippen LogP contribution in [-0.4, -0.2) is 42.5 Å². The standard InChI is InChI=1S/C23H27FN2O3/c1-15(2)21(25-22(27)18-6-4-16(3)5-7-18)23(28)26-12-13-29-20(14-26)17-8-10-19(24)11-9-17/h4-11,15,20-21H,12-14H2,1-3H3,(H,25,27). The van der Waals surface area contributed by atoms with Crippen LogP contribution in [0.5, 0.6) is 0 Å². The van der Waals surface area contributed by atoms with Gasteiger partial charge in [-0.15, -0.1) is 0 Å². The number of hydrogen-bond acceptors (Lipinski definition) is 3. The van der Waals surface area contributed by atoms with Gasteiger partial charge in [-0.05, 0) is 42.7 Å². The largest absolute Gasteiger partial charge is 0.370 e. The Morgan fingerprint density at radius 1 is 1.10 bits per heavy atom. The number of carbonyl (C=O) groups excluding carboxylic acids is 2. The lowest BCUT2D eigenvalue weighted by Gasteiger charge is -2.36. The normalized spacial score (nSPS) is 17.8.